The van der Waals surface area contributed by atoms with Gasteiger partial charge >= 0.3 is 0 Å². The number of fused-ring (bicyclic) bond motifs is 3. The van der Waals surface area contributed by atoms with Gasteiger partial charge in [-0.05, 0) is 50.7 Å². The Balaban J connectivity index is 1.58. The predicted molar refractivity (Wildman–Crippen MR) is 131 cm³/mol. The van der Waals surface area contributed by atoms with Crippen LogP contribution in [0.15, 0.2) is 29.5 Å². The molecule has 5 rings (SSSR count). The van der Waals surface area contributed by atoms with Crippen LogP contribution >= 0.6 is 0 Å². The average Bonchev–Trinajstić information content (AvgIpc) is 3.18. The van der Waals surface area contributed by atoms with Crippen molar-refractivity contribution in [2.75, 3.05) is 18.9 Å². The molecule has 0 spiro atoms. The largest absolute Gasteiger partial charge is 0.422 e. The maximum atomic E-state index is 14.5. The number of amidine groups is 1. The number of ether oxygens (including phenoxy) is 1. The fourth-order valence-electron chi connectivity index (χ4n) is 5.02. The minimum atomic E-state index is -0.799. The van der Waals surface area contributed by atoms with Gasteiger partial charge in [-0.15, -0.1) is 0 Å². The number of benzene rings is 1. The molecule has 34 heavy (non-hydrogen) atoms. The quantitative estimate of drug-likeness (QED) is 0.377. The van der Waals surface area contributed by atoms with Crippen molar-refractivity contribution in [2.45, 2.75) is 51.7 Å². The van der Waals surface area contributed by atoms with Gasteiger partial charge in [-0.1, -0.05) is 6.92 Å². The first-order chi connectivity index (χ1) is 16.3. The van der Waals surface area contributed by atoms with Crippen LogP contribution < -0.4 is 26.4 Å². The first-order valence-corrected chi connectivity index (χ1v) is 11.6. The van der Waals surface area contributed by atoms with Gasteiger partial charge in [0.1, 0.15) is 23.1 Å². The van der Waals surface area contributed by atoms with Crippen LogP contribution in [0.4, 0.5) is 15.9 Å². The van der Waals surface area contributed by atoms with Crippen molar-refractivity contribution in [2.24, 2.45) is 16.1 Å². The van der Waals surface area contributed by atoms with E-state index in [0.717, 1.165) is 35.7 Å². The Hall–Kier alpha value is -3.24. The van der Waals surface area contributed by atoms with E-state index in [9.17, 15) is 4.39 Å². The van der Waals surface area contributed by atoms with Crippen LogP contribution in [0, 0.1) is 18.2 Å². The molecule has 1 saturated carbocycles. The summed E-state index contributed by atoms with van der Waals surface area (Å²) in [5.41, 5.74) is 7.89. The minimum Gasteiger partial charge on any atom is -0.422 e. The van der Waals surface area contributed by atoms with Crippen molar-refractivity contribution in [3.63, 3.8) is 0 Å². The summed E-state index contributed by atoms with van der Waals surface area (Å²) in [6, 6.07) is 3.44. The third-order valence-corrected chi connectivity index (χ3v) is 7.40. The van der Waals surface area contributed by atoms with E-state index in [2.05, 4.69) is 42.8 Å². The van der Waals surface area contributed by atoms with Crippen LogP contribution in [0.5, 0.6) is 5.75 Å². The summed E-state index contributed by atoms with van der Waals surface area (Å²) in [5.74, 6) is 1.39. The molecule has 3 heterocycles. The number of anilines is 1. The zero-order valence-electron chi connectivity index (χ0n) is 19.9. The Morgan fingerprint density at radius 1 is 1.29 bits per heavy atom. The maximum absolute atomic E-state index is 14.5. The van der Waals surface area contributed by atoms with E-state index in [1.54, 1.807) is 19.4 Å². The number of hydrogen-bond donors (Lipinski definition) is 5. The Kier molecular flexibility index (Phi) is 5.44. The van der Waals surface area contributed by atoms with Gasteiger partial charge in [-0.3, -0.25) is 5.32 Å². The summed E-state index contributed by atoms with van der Waals surface area (Å²) in [6.07, 6.45) is 6.29. The Labute approximate surface area is 197 Å². The normalized spacial score (nSPS) is 25.8. The topological polar surface area (TPSA) is 125 Å². The fraction of sp³-hybridized carbons (Fsp3) is 0.458. The lowest BCUT2D eigenvalue weighted by atomic mass is 9.63. The van der Waals surface area contributed by atoms with Gasteiger partial charge in [0.15, 0.2) is 5.75 Å². The third-order valence-electron chi connectivity index (χ3n) is 7.40. The van der Waals surface area contributed by atoms with Gasteiger partial charge in [0.05, 0.1) is 23.6 Å². The molecule has 2 aromatic heterocycles. The molecular weight excluding hydrogens is 435 g/mol. The predicted octanol–water partition coefficient (Wildman–Crippen LogP) is 3.40. The van der Waals surface area contributed by atoms with E-state index in [1.165, 1.54) is 12.1 Å². The van der Waals surface area contributed by atoms with Crippen molar-refractivity contribution >= 4 is 28.4 Å². The van der Waals surface area contributed by atoms with Crippen molar-refractivity contribution in [3.05, 3.63) is 41.7 Å². The molecular formula is C24H31FN8O. The lowest BCUT2D eigenvalue weighted by Crippen LogP contribution is -2.62. The summed E-state index contributed by atoms with van der Waals surface area (Å²) >= 11 is 0. The molecule has 3 atom stereocenters. The van der Waals surface area contributed by atoms with Crippen molar-refractivity contribution in [1.82, 2.24) is 25.6 Å². The Morgan fingerprint density at radius 2 is 2.06 bits per heavy atom. The standard InChI is InChI=1S/C24H31FN8O/c1-5-24(7-6-18(24)26)12-30-23(3)19-16-8-14(25)9-17(27-4)20(16)31-21(19)32-22(33-23)34-15-10-28-13(2)29-11-15/h8-11,18,27,30-31H,5-7,12,26H2,1-4H3,(H,32,33)/t18-,23?,24-/m0/s1. The smallest absolute Gasteiger partial charge is 0.298 e. The number of aryl methyl sites for hydroxylation is 1. The maximum Gasteiger partial charge on any atom is 0.298 e. The van der Waals surface area contributed by atoms with E-state index in [1.807, 2.05) is 13.8 Å². The van der Waals surface area contributed by atoms with Gasteiger partial charge in [0.25, 0.3) is 6.02 Å². The third kappa shape index (κ3) is 3.67. The Bertz CT molecular complexity index is 1250. The molecule has 1 aliphatic carbocycles. The number of hydrogen-bond acceptors (Lipinski definition) is 8. The average molecular weight is 467 g/mol. The van der Waals surface area contributed by atoms with E-state index in [4.69, 9.17) is 10.5 Å². The molecule has 6 N–H and O–H groups in total. The van der Waals surface area contributed by atoms with Crippen LogP contribution in [0.1, 0.15) is 44.5 Å². The highest BCUT2D eigenvalue weighted by Gasteiger charge is 2.46. The van der Waals surface area contributed by atoms with Crippen LogP contribution in [0.25, 0.3) is 10.9 Å². The first-order valence-electron chi connectivity index (χ1n) is 11.6. The summed E-state index contributed by atoms with van der Waals surface area (Å²) in [4.78, 5) is 16.4. The first kappa shape index (κ1) is 22.5. The number of nitrogens with zero attached hydrogens (tertiary/aromatic N) is 3. The monoisotopic (exact) mass is 466 g/mol. The number of aromatic amines is 1. The molecule has 1 unspecified atom stereocenters. The van der Waals surface area contributed by atoms with Gasteiger partial charge in [0.2, 0.25) is 0 Å². The summed E-state index contributed by atoms with van der Waals surface area (Å²) in [5, 5.41) is 10.9. The molecule has 1 aliphatic heterocycles. The zero-order chi connectivity index (χ0) is 24.1. The van der Waals surface area contributed by atoms with E-state index < -0.39 is 5.66 Å². The van der Waals surface area contributed by atoms with Crippen molar-refractivity contribution in [1.29, 1.82) is 0 Å². The van der Waals surface area contributed by atoms with Gasteiger partial charge < -0.3 is 26.1 Å². The molecule has 2 aliphatic rings. The minimum absolute atomic E-state index is 0.0265. The molecule has 0 radical (unpaired) electrons. The molecule has 1 aromatic carbocycles. The van der Waals surface area contributed by atoms with E-state index in [-0.39, 0.29) is 23.3 Å². The van der Waals surface area contributed by atoms with Gasteiger partial charge in [0, 0.05) is 30.6 Å². The number of halogens is 1. The summed E-state index contributed by atoms with van der Waals surface area (Å²) < 4.78 is 20.5. The second kappa shape index (κ2) is 8.21. The molecule has 180 valence electrons. The van der Waals surface area contributed by atoms with Crippen LogP contribution in [-0.4, -0.2) is 40.6 Å². The second-order valence-electron chi connectivity index (χ2n) is 9.42. The number of nitrogens with two attached hydrogens (primary N) is 1. The molecule has 1 fully saturated rings. The summed E-state index contributed by atoms with van der Waals surface area (Å²) in [6.45, 7) is 6.71. The van der Waals surface area contributed by atoms with Crippen molar-refractivity contribution in [3.8, 4) is 5.75 Å². The number of H-pyrrole nitrogens is 1. The molecule has 0 bridgehead atoms. The zero-order valence-corrected chi connectivity index (χ0v) is 19.9. The Morgan fingerprint density at radius 3 is 2.68 bits per heavy atom. The highest BCUT2D eigenvalue weighted by Crippen LogP contribution is 2.45. The lowest BCUT2D eigenvalue weighted by molar-refractivity contribution is 0.0717. The molecule has 0 saturated heterocycles. The number of nitrogens with one attached hydrogen (secondary N) is 4. The van der Waals surface area contributed by atoms with Crippen molar-refractivity contribution < 1.29 is 9.13 Å². The number of rotatable bonds is 6. The molecule has 9 nitrogen and oxygen atoms in total. The molecule has 3 aromatic rings. The van der Waals surface area contributed by atoms with Gasteiger partial charge in [-0.25, -0.2) is 14.4 Å². The lowest BCUT2D eigenvalue weighted by Gasteiger charge is -2.49. The molecule has 10 heteroatoms. The SMILES string of the molecule is CC[C@@]1(CNC2(C)NC(Oc3cnc(C)nc3)=Nc3[nH]c4c(NC)cc(F)cc4c32)CC[C@@H]1N. The fourth-order valence-corrected chi connectivity index (χ4v) is 5.02. The molecule has 0 amide bonds. The van der Waals surface area contributed by atoms with E-state index in [0.29, 0.717) is 29.6 Å². The number of aromatic nitrogens is 3. The van der Waals surface area contributed by atoms with Crippen LogP contribution in [-0.2, 0) is 5.66 Å². The van der Waals surface area contributed by atoms with E-state index >= 15 is 0 Å². The van der Waals surface area contributed by atoms with Gasteiger partial charge in [-0.2, -0.15) is 4.99 Å². The summed E-state index contributed by atoms with van der Waals surface area (Å²) in [7, 11) is 1.77. The second-order valence-corrected chi connectivity index (χ2v) is 9.42. The van der Waals surface area contributed by atoms with Crippen LogP contribution in [0.2, 0.25) is 0 Å². The van der Waals surface area contributed by atoms with Crippen LogP contribution in [0.3, 0.4) is 0 Å². The highest BCUT2D eigenvalue weighted by molar-refractivity contribution is 6.00. The number of aliphatic imine (C=N–C) groups is 1. The highest BCUT2D eigenvalue weighted by atomic mass is 19.1.